The molecule has 0 aromatic heterocycles. The van der Waals surface area contributed by atoms with Gasteiger partial charge in [-0.3, -0.25) is 0 Å². The predicted molar refractivity (Wildman–Crippen MR) is 61.1 cm³/mol. The van der Waals surface area contributed by atoms with Crippen molar-refractivity contribution in [2.45, 2.75) is 31.3 Å². The first-order valence-electron chi connectivity index (χ1n) is 4.88. The van der Waals surface area contributed by atoms with E-state index in [1.54, 1.807) is 0 Å². The molecule has 70 valence electrons. The second-order valence-electron chi connectivity index (χ2n) is 3.59. The molecule has 13 heavy (non-hydrogen) atoms. The Hall–Kier alpha value is -0.0600. The van der Waals surface area contributed by atoms with Crippen LogP contribution in [-0.2, 0) is 0 Å². The van der Waals surface area contributed by atoms with Crippen LogP contribution in [0, 0.1) is 0 Å². The van der Waals surface area contributed by atoms with Crippen molar-refractivity contribution in [3.63, 3.8) is 0 Å². The molecule has 2 heteroatoms. The molecule has 1 fully saturated rings. The van der Waals surface area contributed by atoms with Gasteiger partial charge in [-0.15, -0.1) is 0 Å². The molecule has 1 aromatic carbocycles. The van der Waals surface area contributed by atoms with Gasteiger partial charge in [0.25, 0.3) is 0 Å². The Morgan fingerprint density at radius 2 is 1.69 bits per heavy atom. The van der Waals surface area contributed by atoms with Gasteiger partial charge in [-0.1, -0.05) is 54.4 Å². The number of benzene rings is 1. The van der Waals surface area contributed by atoms with Crippen molar-refractivity contribution in [2.24, 2.45) is 0 Å². The molecule has 0 bridgehead atoms. The molecule has 1 atom stereocenters. The standard InChI is InChI=1S/C11H14ClP/c12-13(11-8-4-5-9-11)10-6-2-1-3-7-10/h1-3,6-7,11H,4-5,8-9H2. The van der Waals surface area contributed by atoms with Crippen molar-refractivity contribution in [1.29, 1.82) is 0 Å². The first-order chi connectivity index (χ1) is 6.38. The Kier molecular flexibility index (Phi) is 3.24. The molecule has 0 aliphatic heterocycles. The van der Waals surface area contributed by atoms with Crippen LogP contribution in [0.15, 0.2) is 30.3 Å². The zero-order valence-electron chi connectivity index (χ0n) is 7.62. The van der Waals surface area contributed by atoms with E-state index in [1.807, 2.05) is 0 Å². The maximum Gasteiger partial charge on any atom is 0.0244 e. The molecule has 0 amide bonds. The minimum absolute atomic E-state index is 0.405. The van der Waals surface area contributed by atoms with E-state index in [1.165, 1.54) is 31.0 Å². The summed E-state index contributed by atoms with van der Waals surface area (Å²) in [5.41, 5.74) is 0.777. The molecular weight excluding hydrogens is 199 g/mol. The molecule has 1 unspecified atom stereocenters. The zero-order chi connectivity index (χ0) is 9.10. The molecule has 0 radical (unpaired) electrons. The Morgan fingerprint density at radius 1 is 1.08 bits per heavy atom. The summed E-state index contributed by atoms with van der Waals surface area (Å²) in [7, 11) is -0.405. The van der Waals surface area contributed by atoms with Crippen molar-refractivity contribution in [1.82, 2.24) is 0 Å². The van der Waals surface area contributed by atoms with Gasteiger partial charge in [0.05, 0.1) is 0 Å². The summed E-state index contributed by atoms with van der Waals surface area (Å²) in [6.45, 7) is 0. The highest BCUT2D eigenvalue weighted by Gasteiger charge is 2.23. The van der Waals surface area contributed by atoms with Gasteiger partial charge in [0, 0.05) is 7.27 Å². The van der Waals surface area contributed by atoms with E-state index in [2.05, 4.69) is 30.3 Å². The Bertz CT molecular complexity index is 254. The van der Waals surface area contributed by atoms with Crippen LogP contribution < -0.4 is 5.30 Å². The van der Waals surface area contributed by atoms with Gasteiger partial charge >= 0.3 is 0 Å². The molecule has 0 N–H and O–H groups in total. The van der Waals surface area contributed by atoms with E-state index in [0.29, 0.717) is 0 Å². The molecule has 1 aliphatic rings. The van der Waals surface area contributed by atoms with Crippen LogP contribution in [0.25, 0.3) is 0 Å². The topological polar surface area (TPSA) is 0 Å². The SMILES string of the molecule is ClP(c1ccccc1)C1CCCC1. The minimum Gasteiger partial charge on any atom is -0.0909 e. The van der Waals surface area contributed by atoms with E-state index >= 15 is 0 Å². The summed E-state index contributed by atoms with van der Waals surface area (Å²) in [5.74, 6) is 0. The van der Waals surface area contributed by atoms with Gasteiger partial charge in [-0.25, -0.2) is 0 Å². The fourth-order valence-corrected chi connectivity index (χ4v) is 4.53. The summed E-state index contributed by atoms with van der Waals surface area (Å²) < 4.78 is 0. The number of hydrogen-bond donors (Lipinski definition) is 0. The predicted octanol–water partition coefficient (Wildman–Crippen LogP) is 3.89. The Morgan fingerprint density at radius 3 is 2.31 bits per heavy atom. The quantitative estimate of drug-likeness (QED) is 0.653. The van der Waals surface area contributed by atoms with Crippen molar-refractivity contribution < 1.29 is 0 Å². The van der Waals surface area contributed by atoms with Crippen molar-refractivity contribution in [3.8, 4) is 0 Å². The summed E-state index contributed by atoms with van der Waals surface area (Å²) >= 11 is 6.48. The summed E-state index contributed by atoms with van der Waals surface area (Å²) in [4.78, 5) is 0. The van der Waals surface area contributed by atoms with Gasteiger partial charge in [0.2, 0.25) is 0 Å². The molecule has 1 aromatic rings. The fourth-order valence-electron chi connectivity index (χ4n) is 1.91. The van der Waals surface area contributed by atoms with Crippen molar-refractivity contribution >= 4 is 23.8 Å². The van der Waals surface area contributed by atoms with Crippen molar-refractivity contribution in [2.75, 3.05) is 0 Å². The maximum absolute atomic E-state index is 6.48. The fraction of sp³-hybridized carbons (Fsp3) is 0.455. The minimum atomic E-state index is -0.405. The molecule has 0 nitrogen and oxygen atoms in total. The summed E-state index contributed by atoms with van der Waals surface area (Å²) in [5, 5.41) is 1.35. The van der Waals surface area contributed by atoms with Crippen LogP contribution in [0.5, 0.6) is 0 Å². The lowest BCUT2D eigenvalue weighted by atomic mass is 10.4. The lowest BCUT2D eigenvalue weighted by molar-refractivity contribution is 0.886. The first-order valence-corrected chi connectivity index (χ1v) is 7.19. The Labute approximate surface area is 85.8 Å². The molecule has 0 heterocycles. The third-order valence-electron chi connectivity index (χ3n) is 2.65. The lowest BCUT2D eigenvalue weighted by Crippen LogP contribution is -2.06. The second-order valence-corrected chi connectivity index (χ2v) is 6.55. The summed E-state index contributed by atoms with van der Waals surface area (Å²) in [6.07, 6.45) is 5.43. The largest absolute Gasteiger partial charge is 0.0909 e. The third kappa shape index (κ3) is 2.24. The Balaban J connectivity index is 2.08. The molecule has 1 aliphatic carbocycles. The molecule has 0 spiro atoms. The first kappa shape index (κ1) is 9.49. The van der Waals surface area contributed by atoms with E-state index in [0.717, 1.165) is 5.66 Å². The van der Waals surface area contributed by atoms with E-state index in [-0.39, 0.29) is 0 Å². The summed E-state index contributed by atoms with van der Waals surface area (Å²) in [6, 6.07) is 10.6. The highest BCUT2D eigenvalue weighted by atomic mass is 35.7. The van der Waals surface area contributed by atoms with Crippen LogP contribution in [-0.4, -0.2) is 5.66 Å². The lowest BCUT2D eigenvalue weighted by Gasteiger charge is -2.16. The van der Waals surface area contributed by atoms with Crippen LogP contribution in [0.2, 0.25) is 0 Å². The van der Waals surface area contributed by atoms with Gasteiger partial charge in [0.1, 0.15) is 0 Å². The van der Waals surface area contributed by atoms with Gasteiger partial charge in [-0.2, -0.15) is 0 Å². The number of halogens is 1. The van der Waals surface area contributed by atoms with E-state index < -0.39 is 7.27 Å². The van der Waals surface area contributed by atoms with Crippen LogP contribution >= 0.6 is 18.5 Å². The molecule has 0 saturated heterocycles. The smallest absolute Gasteiger partial charge is 0.0244 e. The molecule has 1 saturated carbocycles. The highest BCUT2D eigenvalue weighted by Crippen LogP contribution is 2.51. The van der Waals surface area contributed by atoms with Crippen LogP contribution in [0.4, 0.5) is 0 Å². The number of rotatable bonds is 2. The van der Waals surface area contributed by atoms with E-state index in [4.69, 9.17) is 11.2 Å². The van der Waals surface area contributed by atoms with Crippen LogP contribution in [0.3, 0.4) is 0 Å². The number of hydrogen-bond acceptors (Lipinski definition) is 0. The van der Waals surface area contributed by atoms with E-state index in [9.17, 15) is 0 Å². The zero-order valence-corrected chi connectivity index (χ0v) is 9.27. The van der Waals surface area contributed by atoms with Gasteiger partial charge in [0.15, 0.2) is 0 Å². The van der Waals surface area contributed by atoms with Crippen LogP contribution in [0.1, 0.15) is 25.7 Å². The molecule has 2 rings (SSSR count). The average Bonchev–Trinajstić information content (AvgIpc) is 2.71. The molecular formula is C11H14ClP. The highest BCUT2D eigenvalue weighted by molar-refractivity contribution is 7.90. The normalized spacial score (nSPS) is 20.4. The maximum atomic E-state index is 6.48. The second kappa shape index (κ2) is 4.44. The average molecular weight is 213 g/mol. The third-order valence-corrected chi connectivity index (χ3v) is 6.01. The monoisotopic (exact) mass is 212 g/mol. The van der Waals surface area contributed by atoms with Crippen molar-refractivity contribution in [3.05, 3.63) is 30.3 Å². The van der Waals surface area contributed by atoms with Gasteiger partial charge in [-0.05, 0) is 23.8 Å². The van der Waals surface area contributed by atoms with Gasteiger partial charge < -0.3 is 0 Å².